The van der Waals surface area contributed by atoms with E-state index in [2.05, 4.69) is 17.9 Å². The highest BCUT2D eigenvalue weighted by molar-refractivity contribution is 5.98. The molecule has 0 spiro atoms. The summed E-state index contributed by atoms with van der Waals surface area (Å²) in [6, 6.07) is 12.0. The van der Waals surface area contributed by atoms with Crippen LogP contribution in [0.4, 0.5) is 0 Å². The number of rotatable bonds is 0. The van der Waals surface area contributed by atoms with Gasteiger partial charge in [-0.3, -0.25) is 0 Å². The molecule has 2 aromatic rings. The molecule has 0 saturated carbocycles. The Labute approximate surface area is 144 Å². The predicted molar refractivity (Wildman–Crippen MR) is 98.0 cm³/mol. The molecule has 3 rings (SSSR count). The first-order valence-electron chi connectivity index (χ1n) is 9.03. The van der Waals surface area contributed by atoms with Gasteiger partial charge in [0.15, 0.2) is 0 Å². The molecule has 2 heteroatoms. The summed E-state index contributed by atoms with van der Waals surface area (Å²) in [4.78, 5) is 12.5. The minimum atomic E-state index is -0.250. The first kappa shape index (κ1) is 16.6. The zero-order valence-corrected chi connectivity index (χ0v) is 14.1. The van der Waals surface area contributed by atoms with E-state index in [9.17, 15) is 4.79 Å². The van der Waals surface area contributed by atoms with Gasteiger partial charge < -0.3 is 4.74 Å². The maximum absolute atomic E-state index is 12.5. The van der Waals surface area contributed by atoms with E-state index in [0.717, 1.165) is 42.0 Å². The van der Waals surface area contributed by atoms with Gasteiger partial charge in [0.2, 0.25) is 0 Å². The Morgan fingerprint density at radius 2 is 1.50 bits per heavy atom. The molecule has 0 radical (unpaired) electrons. The average Bonchev–Trinajstić information content (AvgIpc) is 2.61. The predicted octanol–water partition coefficient (Wildman–Crippen LogP) is 5.48. The molecule has 0 unspecified atom stereocenters. The van der Waals surface area contributed by atoms with Gasteiger partial charge in [-0.25, -0.2) is 4.79 Å². The van der Waals surface area contributed by atoms with Crippen molar-refractivity contribution >= 4 is 16.7 Å². The van der Waals surface area contributed by atoms with E-state index in [1.165, 1.54) is 25.7 Å². The number of hydrogen-bond acceptors (Lipinski definition) is 2. The van der Waals surface area contributed by atoms with Gasteiger partial charge in [0.05, 0.1) is 12.2 Å². The van der Waals surface area contributed by atoms with Gasteiger partial charge in [-0.1, -0.05) is 68.2 Å². The lowest BCUT2D eigenvalue weighted by Crippen LogP contribution is -2.08. The molecule has 0 saturated heterocycles. The van der Waals surface area contributed by atoms with E-state index in [1.54, 1.807) is 0 Å². The highest BCUT2D eigenvalue weighted by Crippen LogP contribution is 2.21. The highest BCUT2D eigenvalue weighted by atomic mass is 16.5. The Kier molecular flexibility index (Phi) is 5.90. The van der Waals surface area contributed by atoms with E-state index < -0.39 is 0 Å². The molecule has 2 nitrogen and oxygen atoms in total. The molecule has 0 fully saturated rings. The lowest BCUT2D eigenvalue weighted by molar-refractivity contribution is 0.0497. The van der Waals surface area contributed by atoms with Crippen molar-refractivity contribution in [3.63, 3.8) is 0 Å². The van der Waals surface area contributed by atoms with Gasteiger partial charge in [0.1, 0.15) is 0 Å². The van der Waals surface area contributed by atoms with Crippen LogP contribution in [0, 0.1) is 11.8 Å². The second-order valence-electron chi connectivity index (χ2n) is 6.41. The fraction of sp³-hybridized carbons (Fsp3) is 0.409. The summed E-state index contributed by atoms with van der Waals surface area (Å²) in [7, 11) is 0. The van der Waals surface area contributed by atoms with Crippen molar-refractivity contribution in [2.75, 3.05) is 6.61 Å². The van der Waals surface area contributed by atoms with Crippen LogP contribution in [-0.2, 0) is 4.74 Å². The van der Waals surface area contributed by atoms with Gasteiger partial charge in [0, 0.05) is 12.0 Å². The molecule has 0 aliphatic carbocycles. The third-order valence-corrected chi connectivity index (χ3v) is 4.51. The van der Waals surface area contributed by atoms with E-state index in [1.807, 2.05) is 30.3 Å². The summed E-state index contributed by atoms with van der Waals surface area (Å²) >= 11 is 0. The topological polar surface area (TPSA) is 26.3 Å². The van der Waals surface area contributed by atoms with E-state index in [-0.39, 0.29) is 5.97 Å². The number of carbonyl (C=O) groups excluding carboxylic acids is 1. The molecule has 0 N–H and O–H groups in total. The summed E-state index contributed by atoms with van der Waals surface area (Å²) in [6.07, 6.45) is 9.13. The number of carbonyl (C=O) groups is 1. The van der Waals surface area contributed by atoms with Gasteiger partial charge in [-0.15, -0.1) is 0 Å². The third kappa shape index (κ3) is 4.38. The van der Waals surface area contributed by atoms with Crippen molar-refractivity contribution in [3.05, 3.63) is 47.5 Å². The van der Waals surface area contributed by atoms with Gasteiger partial charge in [0.25, 0.3) is 0 Å². The molecule has 1 aliphatic rings. The summed E-state index contributed by atoms with van der Waals surface area (Å²) in [5.74, 6) is 6.19. The van der Waals surface area contributed by atoms with Crippen molar-refractivity contribution in [2.24, 2.45) is 0 Å². The second-order valence-corrected chi connectivity index (χ2v) is 6.41. The average molecular weight is 320 g/mol. The van der Waals surface area contributed by atoms with E-state index >= 15 is 0 Å². The molecule has 0 atom stereocenters. The Morgan fingerprint density at radius 3 is 2.29 bits per heavy atom. The smallest absolute Gasteiger partial charge is 0.339 e. The lowest BCUT2D eigenvalue weighted by atomic mass is 10.0. The molecule has 1 aliphatic heterocycles. The van der Waals surface area contributed by atoms with Crippen LogP contribution in [0.15, 0.2) is 36.4 Å². The highest BCUT2D eigenvalue weighted by Gasteiger charge is 2.13. The van der Waals surface area contributed by atoms with Crippen molar-refractivity contribution in [2.45, 2.75) is 51.4 Å². The van der Waals surface area contributed by atoms with Crippen LogP contribution in [0.2, 0.25) is 0 Å². The fourth-order valence-electron chi connectivity index (χ4n) is 3.11. The van der Waals surface area contributed by atoms with Crippen LogP contribution >= 0.6 is 0 Å². The molecule has 2 aromatic carbocycles. The SMILES string of the molecule is O=C1OCCCCCCCCCC#Cc2cc3ccccc3cc21. The third-order valence-electron chi connectivity index (χ3n) is 4.51. The normalized spacial score (nSPS) is 16.9. The number of esters is 1. The van der Waals surface area contributed by atoms with Crippen molar-refractivity contribution in [1.29, 1.82) is 0 Å². The molecule has 0 amide bonds. The maximum atomic E-state index is 12.5. The number of fused-ring (bicyclic) bond motifs is 2. The molecule has 124 valence electrons. The second kappa shape index (κ2) is 8.55. The first-order chi connectivity index (χ1) is 11.8. The zero-order chi connectivity index (χ0) is 16.6. The summed E-state index contributed by atoms with van der Waals surface area (Å²) in [5, 5.41) is 2.16. The monoisotopic (exact) mass is 320 g/mol. The molecule has 1 heterocycles. The fourth-order valence-corrected chi connectivity index (χ4v) is 3.11. The number of cyclic esters (lactones) is 1. The lowest BCUT2D eigenvalue weighted by Gasteiger charge is -2.08. The minimum Gasteiger partial charge on any atom is -0.462 e. The number of hydrogen-bond donors (Lipinski definition) is 0. The van der Waals surface area contributed by atoms with Gasteiger partial charge >= 0.3 is 5.97 Å². The van der Waals surface area contributed by atoms with Crippen LogP contribution in [0.5, 0.6) is 0 Å². The van der Waals surface area contributed by atoms with E-state index in [0.29, 0.717) is 12.2 Å². The van der Waals surface area contributed by atoms with Crippen molar-refractivity contribution in [1.82, 2.24) is 0 Å². The van der Waals surface area contributed by atoms with Crippen LogP contribution in [0.1, 0.15) is 67.3 Å². The van der Waals surface area contributed by atoms with Crippen LogP contribution in [0.3, 0.4) is 0 Å². The summed E-state index contributed by atoms with van der Waals surface area (Å²) < 4.78 is 5.49. The Balaban J connectivity index is 1.91. The summed E-state index contributed by atoms with van der Waals surface area (Å²) in [5.41, 5.74) is 1.38. The van der Waals surface area contributed by atoms with E-state index in [4.69, 9.17) is 4.74 Å². The van der Waals surface area contributed by atoms with Gasteiger partial charge in [-0.05, 0) is 35.7 Å². The van der Waals surface area contributed by atoms with Crippen molar-refractivity contribution < 1.29 is 9.53 Å². The molecular weight excluding hydrogens is 296 g/mol. The van der Waals surface area contributed by atoms with Crippen LogP contribution < -0.4 is 0 Å². The molecular formula is C22H24O2. The first-order valence-corrected chi connectivity index (χ1v) is 9.03. The standard InChI is InChI=1S/C22H24O2/c23-22-21-17-19-13-10-9-12-18(19)16-20(21)14-8-6-4-2-1-3-5-7-11-15-24-22/h9-10,12-13,16-17H,1-7,11,15H2. The molecule has 0 bridgehead atoms. The Hall–Kier alpha value is -2.27. The van der Waals surface area contributed by atoms with Crippen LogP contribution in [0.25, 0.3) is 10.8 Å². The number of ether oxygens (including phenoxy) is 1. The summed E-state index contributed by atoms with van der Waals surface area (Å²) in [6.45, 7) is 0.499. The number of benzene rings is 2. The Bertz CT molecular complexity index is 764. The minimum absolute atomic E-state index is 0.250. The Morgan fingerprint density at radius 1 is 0.833 bits per heavy atom. The van der Waals surface area contributed by atoms with Gasteiger partial charge in [-0.2, -0.15) is 0 Å². The quantitative estimate of drug-likeness (QED) is 0.474. The molecule has 0 aromatic heterocycles. The van der Waals surface area contributed by atoms with Crippen molar-refractivity contribution in [3.8, 4) is 11.8 Å². The molecule has 24 heavy (non-hydrogen) atoms. The maximum Gasteiger partial charge on any atom is 0.339 e. The largest absolute Gasteiger partial charge is 0.462 e. The zero-order valence-electron chi connectivity index (χ0n) is 14.1. The van der Waals surface area contributed by atoms with Crippen LogP contribution in [-0.4, -0.2) is 12.6 Å².